The van der Waals surface area contributed by atoms with E-state index in [-0.39, 0.29) is 17.1 Å². The highest BCUT2D eigenvalue weighted by molar-refractivity contribution is 9.11. The zero-order valence-corrected chi connectivity index (χ0v) is 14.1. The molecule has 6 nitrogen and oxygen atoms in total. The van der Waals surface area contributed by atoms with Gasteiger partial charge in [-0.15, -0.1) is 11.3 Å². The molecule has 0 saturated carbocycles. The predicted molar refractivity (Wildman–Crippen MR) is 83.9 cm³/mol. The van der Waals surface area contributed by atoms with E-state index in [1.165, 1.54) is 35.6 Å². The monoisotopic (exact) mass is 390 g/mol. The molecule has 0 fully saturated rings. The van der Waals surface area contributed by atoms with Crippen LogP contribution < -0.4 is 4.72 Å². The first kappa shape index (κ1) is 16.1. The van der Waals surface area contributed by atoms with Crippen LogP contribution in [0.25, 0.3) is 0 Å². The summed E-state index contributed by atoms with van der Waals surface area (Å²) in [4.78, 5) is 11.0. The Morgan fingerprint density at radius 2 is 1.95 bits per heavy atom. The molecule has 0 aliphatic carbocycles. The third-order valence-corrected chi connectivity index (χ3v) is 5.96. The van der Waals surface area contributed by atoms with Crippen LogP contribution in [0.1, 0.15) is 10.4 Å². The van der Waals surface area contributed by atoms with E-state index in [1.54, 1.807) is 13.0 Å². The minimum atomic E-state index is -3.60. The minimum Gasteiger partial charge on any atom is -0.258 e. The third kappa shape index (κ3) is 3.88. The molecule has 0 amide bonds. The predicted octanol–water partition coefficient (Wildman–Crippen LogP) is 3.21. The van der Waals surface area contributed by atoms with Crippen molar-refractivity contribution in [2.45, 2.75) is 18.4 Å². The highest BCUT2D eigenvalue weighted by atomic mass is 79.9. The summed E-state index contributed by atoms with van der Waals surface area (Å²) in [5.74, 6) is 0. The molecule has 1 heterocycles. The largest absolute Gasteiger partial charge is 0.269 e. The smallest absolute Gasteiger partial charge is 0.258 e. The number of nitro groups is 1. The highest BCUT2D eigenvalue weighted by Gasteiger charge is 2.19. The quantitative estimate of drug-likeness (QED) is 0.626. The topological polar surface area (TPSA) is 89.3 Å². The molecule has 1 aromatic carbocycles. The second-order valence-electron chi connectivity index (χ2n) is 4.22. The van der Waals surface area contributed by atoms with Crippen molar-refractivity contribution in [1.82, 2.24) is 4.72 Å². The van der Waals surface area contributed by atoms with Gasteiger partial charge in [0, 0.05) is 23.6 Å². The average molecular weight is 391 g/mol. The molecule has 0 aliphatic heterocycles. The number of halogens is 1. The molecular formula is C12H11BrN2O4S2. The summed E-state index contributed by atoms with van der Waals surface area (Å²) >= 11 is 4.60. The lowest BCUT2D eigenvalue weighted by Crippen LogP contribution is -2.23. The van der Waals surface area contributed by atoms with Crippen LogP contribution >= 0.6 is 27.3 Å². The lowest BCUT2D eigenvalue weighted by atomic mass is 10.2. The Morgan fingerprint density at radius 3 is 2.43 bits per heavy atom. The van der Waals surface area contributed by atoms with Crippen LogP contribution in [0.5, 0.6) is 0 Å². The van der Waals surface area contributed by atoms with Crippen LogP contribution in [-0.2, 0) is 16.6 Å². The first-order chi connectivity index (χ1) is 9.79. The number of sulfonamides is 1. The second kappa shape index (κ2) is 6.22. The Labute approximate surface area is 134 Å². The SMILES string of the molecule is Cc1sc(Br)cc1S(=O)(=O)NCc1ccc([N+](=O)[O-])cc1. The lowest BCUT2D eigenvalue weighted by molar-refractivity contribution is -0.384. The summed E-state index contributed by atoms with van der Waals surface area (Å²) < 4.78 is 27.6. The van der Waals surface area contributed by atoms with Gasteiger partial charge in [-0.3, -0.25) is 10.1 Å². The summed E-state index contributed by atoms with van der Waals surface area (Å²) in [5.41, 5.74) is 0.621. The number of rotatable bonds is 5. The Balaban J connectivity index is 2.11. The number of nitro benzene ring substituents is 1. The molecule has 0 saturated heterocycles. The van der Waals surface area contributed by atoms with E-state index in [1.807, 2.05) is 0 Å². The summed E-state index contributed by atoms with van der Waals surface area (Å²) in [6.07, 6.45) is 0. The summed E-state index contributed by atoms with van der Waals surface area (Å²) in [7, 11) is -3.60. The van der Waals surface area contributed by atoms with Gasteiger partial charge in [0.2, 0.25) is 10.0 Å². The van der Waals surface area contributed by atoms with Crippen molar-refractivity contribution in [3.63, 3.8) is 0 Å². The highest BCUT2D eigenvalue weighted by Crippen LogP contribution is 2.29. The zero-order chi connectivity index (χ0) is 15.6. The van der Waals surface area contributed by atoms with Gasteiger partial charge in [-0.1, -0.05) is 12.1 Å². The van der Waals surface area contributed by atoms with Crippen LogP contribution in [0.2, 0.25) is 0 Å². The van der Waals surface area contributed by atoms with Crippen molar-refractivity contribution in [2.24, 2.45) is 0 Å². The van der Waals surface area contributed by atoms with Crippen molar-refractivity contribution < 1.29 is 13.3 Å². The third-order valence-electron chi connectivity index (χ3n) is 2.75. The van der Waals surface area contributed by atoms with Crippen LogP contribution in [0.15, 0.2) is 39.0 Å². The number of nitrogens with one attached hydrogen (secondary N) is 1. The van der Waals surface area contributed by atoms with Gasteiger partial charge in [0.1, 0.15) is 0 Å². The van der Waals surface area contributed by atoms with Gasteiger partial charge < -0.3 is 0 Å². The normalized spacial score (nSPS) is 11.5. The van der Waals surface area contributed by atoms with E-state index in [9.17, 15) is 18.5 Å². The standard InChI is InChI=1S/C12H11BrN2O4S2/c1-8-11(6-12(13)20-8)21(18,19)14-7-9-2-4-10(5-3-9)15(16)17/h2-6,14H,7H2,1H3. The van der Waals surface area contributed by atoms with Crippen molar-refractivity contribution >= 4 is 43.0 Å². The van der Waals surface area contributed by atoms with E-state index in [0.29, 0.717) is 10.4 Å². The van der Waals surface area contributed by atoms with Crippen molar-refractivity contribution in [3.8, 4) is 0 Å². The molecule has 0 radical (unpaired) electrons. The average Bonchev–Trinajstić information content (AvgIpc) is 2.77. The number of thiophene rings is 1. The van der Waals surface area contributed by atoms with Crippen molar-refractivity contribution in [3.05, 3.63) is 54.7 Å². The molecular weight excluding hydrogens is 380 g/mol. The molecule has 112 valence electrons. The number of hydrogen-bond acceptors (Lipinski definition) is 5. The van der Waals surface area contributed by atoms with Gasteiger partial charge in [-0.05, 0) is 34.5 Å². The van der Waals surface area contributed by atoms with Gasteiger partial charge in [-0.25, -0.2) is 13.1 Å². The maximum Gasteiger partial charge on any atom is 0.269 e. The van der Waals surface area contributed by atoms with Crippen LogP contribution in [0, 0.1) is 17.0 Å². The van der Waals surface area contributed by atoms with Crippen LogP contribution in [0.4, 0.5) is 5.69 Å². The van der Waals surface area contributed by atoms with Gasteiger partial charge in [0.05, 0.1) is 13.6 Å². The molecule has 0 spiro atoms. The number of non-ortho nitro benzene ring substituents is 1. The van der Waals surface area contributed by atoms with Crippen LogP contribution in [-0.4, -0.2) is 13.3 Å². The van der Waals surface area contributed by atoms with Crippen LogP contribution in [0.3, 0.4) is 0 Å². The fraction of sp³-hybridized carbons (Fsp3) is 0.167. The molecule has 2 rings (SSSR count). The van der Waals surface area contributed by atoms with Gasteiger partial charge >= 0.3 is 0 Å². The van der Waals surface area contributed by atoms with Crippen molar-refractivity contribution in [1.29, 1.82) is 0 Å². The molecule has 1 aromatic heterocycles. The molecule has 1 N–H and O–H groups in total. The number of aryl methyl sites for hydroxylation is 1. The van der Waals surface area contributed by atoms with E-state index < -0.39 is 14.9 Å². The fourth-order valence-corrected chi connectivity index (χ4v) is 5.12. The zero-order valence-electron chi connectivity index (χ0n) is 10.9. The molecule has 0 aliphatic rings. The molecule has 0 bridgehead atoms. The maximum atomic E-state index is 12.2. The number of hydrogen-bond donors (Lipinski definition) is 1. The van der Waals surface area contributed by atoms with E-state index in [2.05, 4.69) is 20.7 Å². The number of nitrogens with zero attached hydrogens (tertiary/aromatic N) is 1. The summed E-state index contributed by atoms with van der Waals surface area (Å²) in [6, 6.07) is 7.29. The Hall–Kier alpha value is -1.29. The lowest BCUT2D eigenvalue weighted by Gasteiger charge is -2.06. The fourth-order valence-electron chi connectivity index (χ4n) is 1.69. The second-order valence-corrected chi connectivity index (χ2v) is 8.59. The van der Waals surface area contributed by atoms with Gasteiger partial charge in [0.25, 0.3) is 5.69 Å². The molecule has 21 heavy (non-hydrogen) atoms. The first-order valence-corrected chi connectivity index (χ1v) is 8.88. The Kier molecular flexibility index (Phi) is 4.77. The minimum absolute atomic E-state index is 0.0285. The van der Waals surface area contributed by atoms with Crippen molar-refractivity contribution in [2.75, 3.05) is 0 Å². The number of benzene rings is 1. The van der Waals surface area contributed by atoms with Gasteiger partial charge in [0.15, 0.2) is 0 Å². The van der Waals surface area contributed by atoms with E-state index in [4.69, 9.17) is 0 Å². The molecule has 2 aromatic rings. The summed E-state index contributed by atoms with van der Waals surface area (Å²) in [5, 5.41) is 10.5. The molecule has 9 heteroatoms. The molecule has 0 atom stereocenters. The first-order valence-electron chi connectivity index (χ1n) is 5.78. The Morgan fingerprint density at radius 1 is 1.33 bits per heavy atom. The van der Waals surface area contributed by atoms with E-state index >= 15 is 0 Å². The Bertz CT molecular complexity index is 769. The summed E-state index contributed by atoms with van der Waals surface area (Å²) in [6.45, 7) is 1.81. The van der Waals surface area contributed by atoms with E-state index in [0.717, 1.165) is 3.79 Å². The molecule has 0 unspecified atom stereocenters. The maximum absolute atomic E-state index is 12.2. The van der Waals surface area contributed by atoms with Gasteiger partial charge in [-0.2, -0.15) is 0 Å².